The molecule has 0 bridgehead atoms. The predicted octanol–water partition coefficient (Wildman–Crippen LogP) is 3.02. The molecule has 0 aliphatic heterocycles. The maximum atomic E-state index is 9.49. The zero-order valence-corrected chi connectivity index (χ0v) is 17.1. The molecule has 3 rings (SSSR count). The standard InChI is InChI=1S/C24H27NO3S/c25-23(16-28)17-29-24(20-4-2-1-3-5-20,21-10-6-18(14-26)7-11-21)22-12-8-19(15-27)9-13-22/h1-13,23,26-28H,14-17,25H2/t23-/m1/s1. The van der Waals surface area contributed by atoms with Gasteiger partial charge in [0.2, 0.25) is 0 Å². The lowest BCUT2D eigenvalue weighted by Crippen LogP contribution is -2.32. The minimum Gasteiger partial charge on any atom is -0.395 e. The summed E-state index contributed by atoms with van der Waals surface area (Å²) in [5.74, 6) is 0.564. The molecule has 5 N–H and O–H groups in total. The van der Waals surface area contributed by atoms with E-state index in [9.17, 15) is 15.3 Å². The van der Waals surface area contributed by atoms with Gasteiger partial charge in [0.1, 0.15) is 0 Å². The molecule has 152 valence electrons. The first-order valence-corrected chi connectivity index (χ1v) is 10.6. The summed E-state index contributed by atoms with van der Waals surface area (Å²) in [7, 11) is 0. The van der Waals surface area contributed by atoms with Crippen LogP contribution in [0, 0.1) is 0 Å². The van der Waals surface area contributed by atoms with Gasteiger partial charge in [0.05, 0.1) is 24.6 Å². The van der Waals surface area contributed by atoms with Crippen molar-refractivity contribution in [2.45, 2.75) is 24.0 Å². The van der Waals surface area contributed by atoms with Gasteiger partial charge >= 0.3 is 0 Å². The number of aliphatic hydroxyl groups is 3. The number of thioether (sulfide) groups is 1. The molecular weight excluding hydrogens is 382 g/mol. The van der Waals surface area contributed by atoms with Crippen molar-refractivity contribution < 1.29 is 15.3 Å². The average Bonchev–Trinajstić information content (AvgIpc) is 2.80. The van der Waals surface area contributed by atoms with Crippen LogP contribution < -0.4 is 5.73 Å². The minimum atomic E-state index is -0.546. The molecule has 0 aromatic heterocycles. The lowest BCUT2D eigenvalue weighted by atomic mass is 9.83. The van der Waals surface area contributed by atoms with Gasteiger partial charge < -0.3 is 21.1 Å². The highest BCUT2D eigenvalue weighted by atomic mass is 32.2. The highest BCUT2D eigenvalue weighted by Crippen LogP contribution is 2.48. The van der Waals surface area contributed by atoms with E-state index in [1.807, 2.05) is 66.7 Å². The van der Waals surface area contributed by atoms with Gasteiger partial charge in [-0.1, -0.05) is 78.9 Å². The van der Waals surface area contributed by atoms with E-state index in [-0.39, 0.29) is 25.9 Å². The maximum Gasteiger partial charge on any atom is 0.0907 e. The van der Waals surface area contributed by atoms with Gasteiger partial charge in [-0.15, -0.1) is 11.8 Å². The lowest BCUT2D eigenvalue weighted by Gasteiger charge is -2.36. The van der Waals surface area contributed by atoms with E-state index in [4.69, 9.17) is 5.73 Å². The summed E-state index contributed by atoms with van der Waals surface area (Å²) >= 11 is 1.68. The monoisotopic (exact) mass is 409 g/mol. The molecule has 3 aromatic carbocycles. The van der Waals surface area contributed by atoms with Crippen molar-refractivity contribution in [3.63, 3.8) is 0 Å². The van der Waals surface area contributed by atoms with Crippen molar-refractivity contribution in [2.24, 2.45) is 5.73 Å². The molecule has 0 saturated heterocycles. The Morgan fingerprint density at radius 1 is 0.690 bits per heavy atom. The molecule has 0 radical (unpaired) electrons. The average molecular weight is 410 g/mol. The Kier molecular flexibility index (Phi) is 7.47. The van der Waals surface area contributed by atoms with Crippen LogP contribution in [0.15, 0.2) is 78.9 Å². The topological polar surface area (TPSA) is 86.7 Å². The summed E-state index contributed by atoms with van der Waals surface area (Å²) in [5.41, 5.74) is 11.0. The van der Waals surface area contributed by atoms with Crippen LogP contribution in [0.25, 0.3) is 0 Å². The van der Waals surface area contributed by atoms with Crippen molar-refractivity contribution >= 4 is 11.8 Å². The second kappa shape index (κ2) is 10.1. The zero-order valence-electron chi connectivity index (χ0n) is 16.2. The summed E-state index contributed by atoms with van der Waals surface area (Å²) in [6.45, 7) is -0.0938. The summed E-state index contributed by atoms with van der Waals surface area (Å²) in [4.78, 5) is 0. The number of aliphatic hydroxyl groups excluding tert-OH is 3. The molecule has 0 spiro atoms. The number of hydrogen-bond acceptors (Lipinski definition) is 5. The molecule has 0 unspecified atom stereocenters. The van der Waals surface area contributed by atoms with Gasteiger partial charge in [0, 0.05) is 11.8 Å². The van der Waals surface area contributed by atoms with Gasteiger partial charge in [0.15, 0.2) is 0 Å². The van der Waals surface area contributed by atoms with E-state index in [0.717, 1.165) is 27.8 Å². The van der Waals surface area contributed by atoms with Crippen LogP contribution in [-0.4, -0.2) is 33.7 Å². The third-order valence-electron chi connectivity index (χ3n) is 5.01. The fourth-order valence-corrected chi connectivity index (χ4v) is 4.88. The second-order valence-corrected chi connectivity index (χ2v) is 8.25. The largest absolute Gasteiger partial charge is 0.395 e. The van der Waals surface area contributed by atoms with Crippen LogP contribution >= 0.6 is 11.8 Å². The van der Waals surface area contributed by atoms with Crippen LogP contribution in [0.5, 0.6) is 0 Å². The van der Waals surface area contributed by atoms with E-state index in [2.05, 4.69) is 12.1 Å². The Morgan fingerprint density at radius 2 is 1.14 bits per heavy atom. The van der Waals surface area contributed by atoms with Crippen molar-refractivity contribution in [2.75, 3.05) is 12.4 Å². The molecule has 1 atom stereocenters. The normalized spacial score (nSPS) is 12.7. The number of nitrogens with two attached hydrogens (primary N) is 1. The first kappa shape index (κ1) is 21.6. The molecule has 0 heterocycles. The van der Waals surface area contributed by atoms with Crippen LogP contribution in [0.4, 0.5) is 0 Å². The Morgan fingerprint density at radius 3 is 1.55 bits per heavy atom. The molecule has 3 aromatic rings. The van der Waals surface area contributed by atoms with E-state index >= 15 is 0 Å². The van der Waals surface area contributed by atoms with Gasteiger partial charge in [0.25, 0.3) is 0 Å². The van der Waals surface area contributed by atoms with Gasteiger partial charge in [-0.2, -0.15) is 0 Å². The Bertz CT molecular complexity index is 835. The van der Waals surface area contributed by atoms with Crippen LogP contribution in [-0.2, 0) is 18.0 Å². The summed E-state index contributed by atoms with van der Waals surface area (Å²) in [5, 5.41) is 28.4. The zero-order chi connectivity index (χ0) is 20.7. The SMILES string of the molecule is N[C@H](CO)CSC(c1ccccc1)(c1ccc(CO)cc1)c1ccc(CO)cc1. The molecule has 29 heavy (non-hydrogen) atoms. The van der Waals surface area contributed by atoms with E-state index < -0.39 is 4.75 Å². The number of hydrogen-bond donors (Lipinski definition) is 4. The Hall–Kier alpha value is -2.15. The lowest BCUT2D eigenvalue weighted by molar-refractivity contribution is 0.275. The molecule has 0 amide bonds. The smallest absolute Gasteiger partial charge is 0.0907 e. The highest BCUT2D eigenvalue weighted by molar-refractivity contribution is 8.00. The van der Waals surface area contributed by atoms with Crippen molar-refractivity contribution in [3.8, 4) is 0 Å². The van der Waals surface area contributed by atoms with Gasteiger partial charge in [-0.3, -0.25) is 0 Å². The summed E-state index contributed by atoms with van der Waals surface area (Å²) in [6.07, 6.45) is 0. The van der Waals surface area contributed by atoms with Gasteiger partial charge in [-0.05, 0) is 27.8 Å². The third kappa shape index (κ3) is 4.71. The van der Waals surface area contributed by atoms with Crippen LogP contribution in [0.1, 0.15) is 27.8 Å². The fraction of sp³-hybridized carbons (Fsp3) is 0.250. The Labute approximate surface area is 176 Å². The molecule has 0 saturated carbocycles. The summed E-state index contributed by atoms with van der Waals surface area (Å²) in [6, 6.07) is 25.7. The summed E-state index contributed by atoms with van der Waals surface area (Å²) < 4.78 is -0.546. The van der Waals surface area contributed by atoms with E-state index in [0.29, 0.717) is 5.75 Å². The second-order valence-electron chi connectivity index (χ2n) is 7.01. The molecule has 5 heteroatoms. The molecular formula is C24H27NO3S. The van der Waals surface area contributed by atoms with Crippen molar-refractivity contribution in [1.29, 1.82) is 0 Å². The fourth-order valence-electron chi connectivity index (χ4n) is 3.40. The first-order chi connectivity index (χ1) is 14.1. The molecule has 0 aliphatic carbocycles. The predicted molar refractivity (Wildman–Crippen MR) is 119 cm³/mol. The Balaban J connectivity index is 2.21. The van der Waals surface area contributed by atoms with Gasteiger partial charge in [-0.25, -0.2) is 0 Å². The number of benzene rings is 3. The van der Waals surface area contributed by atoms with Crippen LogP contribution in [0.3, 0.4) is 0 Å². The van der Waals surface area contributed by atoms with Crippen molar-refractivity contribution in [1.82, 2.24) is 0 Å². The maximum absolute atomic E-state index is 9.49. The third-order valence-corrected chi connectivity index (χ3v) is 6.75. The van der Waals surface area contributed by atoms with Crippen molar-refractivity contribution in [3.05, 3.63) is 107 Å². The first-order valence-electron chi connectivity index (χ1n) is 9.60. The van der Waals surface area contributed by atoms with E-state index in [1.165, 1.54) is 0 Å². The highest BCUT2D eigenvalue weighted by Gasteiger charge is 2.37. The molecule has 0 fully saturated rings. The number of rotatable bonds is 9. The quantitative estimate of drug-likeness (QED) is 0.408. The van der Waals surface area contributed by atoms with E-state index in [1.54, 1.807) is 11.8 Å². The molecule has 4 nitrogen and oxygen atoms in total. The minimum absolute atomic E-state index is 0.00760. The molecule has 0 aliphatic rings. The van der Waals surface area contributed by atoms with Crippen LogP contribution in [0.2, 0.25) is 0 Å².